The van der Waals surface area contributed by atoms with Crippen molar-refractivity contribution in [2.75, 3.05) is 0 Å². The first-order chi connectivity index (χ1) is 31.2. The Hall–Kier alpha value is -8.47. The van der Waals surface area contributed by atoms with Crippen molar-refractivity contribution in [1.29, 1.82) is 0 Å². The van der Waals surface area contributed by atoms with E-state index in [1.807, 2.05) is 24.3 Å². The maximum absolute atomic E-state index is 5.29. The van der Waals surface area contributed by atoms with E-state index in [-0.39, 0.29) is 0 Å². The third-order valence-electron chi connectivity index (χ3n) is 12.2. The van der Waals surface area contributed by atoms with E-state index in [0.29, 0.717) is 5.82 Å². The molecule has 0 N–H and O–H groups in total. The summed E-state index contributed by atoms with van der Waals surface area (Å²) in [6, 6.07) is 81.5. The molecule has 0 spiro atoms. The Morgan fingerprint density at radius 2 is 0.857 bits per heavy atom. The number of nitrogens with zero attached hydrogens (tertiary/aromatic N) is 4. The molecule has 4 heteroatoms. The van der Waals surface area contributed by atoms with Crippen molar-refractivity contribution in [1.82, 2.24) is 19.5 Å². The Morgan fingerprint density at radius 3 is 1.60 bits per heavy atom. The first-order valence-electron chi connectivity index (χ1n) is 21.4. The predicted molar refractivity (Wildman–Crippen MR) is 262 cm³/mol. The summed E-state index contributed by atoms with van der Waals surface area (Å²) < 4.78 is 2.42. The first kappa shape index (κ1) is 36.4. The summed E-state index contributed by atoms with van der Waals surface area (Å²) in [6.07, 6.45) is 0. The van der Waals surface area contributed by atoms with E-state index in [1.165, 1.54) is 27.3 Å². The zero-order valence-electron chi connectivity index (χ0n) is 34.2. The number of benzene rings is 9. The Balaban J connectivity index is 1.08. The Kier molecular flexibility index (Phi) is 8.79. The van der Waals surface area contributed by atoms with Crippen molar-refractivity contribution < 1.29 is 0 Å². The van der Waals surface area contributed by atoms with Crippen molar-refractivity contribution in [3.63, 3.8) is 0 Å². The fourth-order valence-corrected chi connectivity index (χ4v) is 9.26. The van der Waals surface area contributed by atoms with Crippen LogP contribution in [0.4, 0.5) is 0 Å². The highest BCUT2D eigenvalue weighted by atomic mass is 15.0. The molecular formula is C59H38N4. The molecule has 0 aliphatic carbocycles. The summed E-state index contributed by atoms with van der Waals surface area (Å²) in [5, 5.41) is 5.89. The van der Waals surface area contributed by atoms with Gasteiger partial charge in [0.2, 0.25) is 0 Å². The van der Waals surface area contributed by atoms with Gasteiger partial charge in [0.25, 0.3) is 0 Å². The molecule has 294 valence electrons. The molecule has 63 heavy (non-hydrogen) atoms. The van der Waals surface area contributed by atoms with Crippen molar-refractivity contribution in [2.45, 2.75) is 0 Å². The molecule has 0 unspecified atom stereocenters. The van der Waals surface area contributed by atoms with Gasteiger partial charge in [-0.1, -0.05) is 194 Å². The van der Waals surface area contributed by atoms with Crippen molar-refractivity contribution in [3.05, 3.63) is 231 Å². The average molecular weight is 803 g/mol. The van der Waals surface area contributed by atoms with E-state index < -0.39 is 0 Å². The smallest absolute Gasteiger partial charge is 0.160 e. The lowest BCUT2D eigenvalue weighted by molar-refractivity contribution is 1.18. The molecule has 0 bridgehead atoms. The summed E-state index contributed by atoms with van der Waals surface area (Å²) in [5.74, 6) is 0.688. The summed E-state index contributed by atoms with van der Waals surface area (Å²) >= 11 is 0. The molecule has 12 rings (SSSR count). The predicted octanol–water partition coefficient (Wildman–Crippen LogP) is 15.3. The number of hydrogen-bond donors (Lipinski definition) is 0. The van der Waals surface area contributed by atoms with Gasteiger partial charge in [-0.05, 0) is 58.7 Å². The van der Waals surface area contributed by atoms with Crippen molar-refractivity contribution in [3.8, 4) is 73.1 Å². The SMILES string of the molecule is c1ccc(-c2ccc(-c3cc(-c4ccccc4-c4ccc5c6c7c(ccc6n(-c6ccccc6)c5c4)c(-c4ccccc4)nc4ccccc47)nc(-c4ccccc4)n3)cc2)cc1. The fourth-order valence-electron chi connectivity index (χ4n) is 9.26. The van der Waals surface area contributed by atoms with Gasteiger partial charge >= 0.3 is 0 Å². The molecule has 0 saturated heterocycles. The summed E-state index contributed by atoms with van der Waals surface area (Å²) in [7, 11) is 0. The van der Waals surface area contributed by atoms with Crippen molar-refractivity contribution in [2.24, 2.45) is 0 Å². The number of pyridine rings is 1. The number of para-hydroxylation sites is 2. The van der Waals surface area contributed by atoms with Crippen LogP contribution in [0.1, 0.15) is 0 Å². The molecule has 0 amide bonds. The van der Waals surface area contributed by atoms with E-state index in [4.69, 9.17) is 15.0 Å². The number of aromatic nitrogens is 4. The number of rotatable bonds is 7. The number of hydrogen-bond acceptors (Lipinski definition) is 3. The van der Waals surface area contributed by atoms with Crippen molar-refractivity contribution >= 4 is 43.5 Å². The van der Waals surface area contributed by atoms with E-state index in [1.54, 1.807) is 0 Å². The molecule has 4 nitrogen and oxygen atoms in total. The third-order valence-corrected chi connectivity index (χ3v) is 12.2. The van der Waals surface area contributed by atoms with Gasteiger partial charge < -0.3 is 4.57 Å². The molecule has 0 saturated carbocycles. The molecule has 0 aliphatic heterocycles. The standard InChI is InChI=1S/C59H38N4/c1-5-17-39(18-6-1)40-29-31-41(32-30-40)52-38-53(62-59(61-52)43-21-9-3-10-22-43)47-26-14-13-25-46(47)44-33-34-49-55(37-44)63(45-23-11-4-12-24-45)54-36-35-50-56(57(49)54)48-27-15-16-28-51(48)60-58(50)42-19-7-2-8-20-42/h1-38H. The maximum atomic E-state index is 5.29. The van der Waals surface area contributed by atoms with Gasteiger partial charge in [-0.15, -0.1) is 0 Å². The topological polar surface area (TPSA) is 43.6 Å². The normalized spacial score (nSPS) is 11.5. The molecule has 0 aliphatic rings. The minimum Gasteiger partial charge on any atom is -0.309 e. The van der Waals surface area contributed by atoms with Crippen LogP contribution in [-0.4, -0.2) is 19.5 Å². The molecule has 12 aromatic rings. The van der Waals surface area contributed by atoms with Crippen LogP contribution in [0.5, 0.6) is 0 Å². The Morgan fingerprint density at radius 1 is 0.302 bits per heavy atom. The van der Waals surface area contributed by atoms with Crippen LogP contribution < -0.4 is 0 Å². The lowest BCUT2D eigenvalue weighted by Crippen LogP contribution is -1.97. The Labute approximate surface area is 365 Å². The van der Waals surface area contributed by atoms with Crippen LogP contribution in [0.25, 0.3) is 117 Å². The van der Waals surface area contributed by atoms with Crippen LogP contribution in [0.3, 0.4) is 0 Å². The van der Waals surface area contributed by atoms with E-state index in [2.05, 4.69) is 211 Å². The first-order valence-corrected chi connectivity index (χ1v) is 21.4. The van der Waals surface area contributed by atoms with Crippen LogP contribution >= 0.6 is 0 Å². The lowest BCUT2D eigenvalue weighted by Gasteiger charge is -2.14. The van der Waals surface area contributed by atoms with E-state index in [0.717, 1.165) is 83.5 Å². The number of fused-ring (bicyclic) bond motifs is 7. The molecule has 9 aromatic carbocycles. The van der Waals surface area contributed by atoms with Gasteiger partial charge in [0.05, 0.1) is 33.6 Å². The Bertz CT molecular complexity index is 3640. The quantitative estimate of drug-likeness (QED) is 0.151. The second kappa shape index (κ2) is 15.2. The summed E-state index contributed by atoms with van der Waals surface area (Å²) in [6.45, 7) is 0. The third kappa shape index (κ3) is 6.36. The molecule has 3 heterocycles. The van der Waals surface area contributed by atoms with Gasteiger partial charge in [-0.3, -0.25) is 0 Å². The largest absolute Gasteiger partial charge is 0.309 e. The maximum Gasteiger partial charge on any atom is 0.160 e. The molecule has 0 radical (unpaired) electrons. The fraction of sp³-hybridized carbons (Fsp3) is 0. The minimum atomic E-state index is 0.688. The van der Waals surface area contributed by atoms with Gasteiger partial charge in [0, 0.05) is 54.9 Å². The minimum absolute atomic E-state index is 0.688. The molecular weight excluding hydrogens is 765 g/mol. The molecule has 0 fully saturated rings. The lowest BCUT2D eigenvalue weighted by atomic mass is 9.94. The van der Waals surface area contributed by atoms with Crippen LogP contribution in [-0.2, 0) is 0 Å². The second-order valence-electron chi connectivity index (χ2n) is 15.9. The summed E-state index contributed by atoms with van der Waals surface area (Å²) in [4.78, 5) is 15.7. The molecule has 0 atom stereocenters. The van der Waals surface area contributed by atoms with Crippen LogP contribution in [0.15, 0.2) is 231 Å². The van der Waals surface area contributed by atoms with Gasteiger partial charge in [0.15, 0.2) is 5.82 Å². The molecule has 3 aromatic heterocycles. The zero-order valence-corrected chi connectivity index (χ0v) is 34.2. The monoisotopic (exact) mass is 802 g/mol. The van der Waals surface area contributed by atoms with E-state index >= 15 is 0 Å². The van der Waals surface area contributed by atoms with Crippen LogP contribution in [0.2, 0.25) is 0 Å². The zero-order chi connectivity index (χ0) is 41.7. The van der Waals surface area contributed by atoms with E-state index in [9.17, 15) is 0 Å². The van der Waals surface area contributed by atoms with Gasteiger partial charge in [-0.2, -0.15) is 0 Å². The van der Waals surface area contributed by atoms with Gasteiger partial charge in [-0.25, -0.2) is 15.0 Å². The highest BCUT2D eigenvalue weighted by molar-refractivity contribution is 6.29. The van der Waals surface area contributed by atoms with Crippen LogP contribution in [0, 0.1) is 0 Å². The van der Waals surface area contributed by atoms with Gasteiger partial charge in [0.1, 0.15) is 0 Å². The highest BCUT2D eigenvalue weighted by Gasteiger charge is 2.21. The second-order valence-corrected chi connectivity index (χ2v) is 15.9. The average Bonchev–Trinajstić information content (AvgIpc) is 3.71. The highest BCUT2D eigenvalue weighted by Crippen LogP contribution is 2.44. The summed E-state index contributed by atoms with van der Waals surface area (Å²) in [5.41, 5.74) is 15.8.